The molecule has 6 heteroatoms. The van der Waals surface area contributed by atoms with E-state index < -0.39 is 0 Å². The zero-order valence-corrected chi connectivity index (χ0v) is 12.5. The molecule has 110 valence electrons. The average Bonchev–Trinajstić information content (AvgIpc) is 2.86. The lowest BCUT2D eigenvalue weighted by Gasteiger charge is -2.41. The van der Waals surface area contributed by atoms with Crippen molar-refractivity contribution >= 4 is 22.4 Å². The predicted octanol–water partition coefficient (Wildman–Crippen LogP) is 3.30. The first-order valence-electron chi connectivity index (χ1n) is 6.95. The van der Waals surface area contributed by atoms with Crippen molar-refractivity contribution in [2.75, 3.05) is 18.4 Å². The third-order valence-corrected chi connectivity index (χ3v) is 4.50. The maximum Gasteiger partial charge on any atom is 0.266 e. The molecule has 1 atom stereocenters. The number of benzene rings is 1. The van der Waals surface area contributed by atoms with Crippen molar-refractivity contribution in [1.82, 2.24) is 9.88 Å². The van der Waals surface area contributed by atoms with Crippen LogP contribution in [0, 0.1) is 5.82 Å². The van der Waals surface area contributed by atoms with Crippen LogP contribution in [0.15, 0.2) is 30.5 Å². The van der Waals surface area contributed by atoms with E-state index in [4.69, 9.17) is 0 Å². The number of rotatable bonds is 4. The van der Waals surface area contributed by atoms with Crippen LogP contribution in [0.1, 0.15) is 34.6 Å². The van der Waals surface area contributed by atoms with Crippen LogP contribution in [-0.2, 0) is 0 Å². The highest BCUT2D eigenvalue weighted by molar-refractivity contribution is 7.17. The number of anilines is 1. The largest absolute Gasteiger partial charge is 0.362 e. The Labute approximate surface area is 126 Å². The van der Waals surface area contributed by atoms with Gasteiger partial charge in [-0.05, 0) is 31.0 Å². The maximum absolute atomic E-state index is 13.3. The zero-order valence-electron chi connectivity index (χ0n) is 11.7. The molecular weight excluding hydrogens is 289 g/mol. The third kappa shape index (κ3) is 2.76. The minimum absolute atomic E-state index is 0.0297. The van der Waals surface area contributed by atoms with Gasteiger partial charge >= 0.3 is 0 Å². The monoisotopic (exact) mass is 305 g/mol. The molecule has 1 N–H and O–H groups in total. The standard InChI is InChI=1S/C15H16FN3OS/c1-2-17-15-18-9-13(21-15)14(20)19-7-6-12(19)10-4-3-5-11(16)8-10/h3-5,8-9,12H,2,6-7H2,1H3,(H,17,18). The average molecular weight is 305 g/mol. The summed E-state index contributed by atoms with van der Waals surface area (Å²) in [5.74, 6) is -0.295. The Bertz CT molecular complexity index is 658. The molecule has 1 aromatic carbocycles. The fourth-order valence-corrected chi connectivity index (χ4v) is 3.28. The fourth-order valence-electron chi connectivity index (χ4n) is 2.44. The van der Waals surface area contributed by atoms with Gasteiger partial charge in [0.2, 0.25) is 0 Å². The second-order valence-corrected chi connectivity index (χ2v) is 5.95. The van der Waals surface area contributed by atoms with Crippen LogP contribution in [0.3, 0.4) is 0 Å². The summed E-state index contributed by atoms with van der Waals surface area (Å²) in [5, 5.41) is 3.85. The van der Waals surface area contributed by atoms with Crippen LogP contribution in [0.5, 0.6) is 0 Å². The molecule has 0 bridgehead atoms. The normalized spacial score (nSPS) is 17.4. The first kappa shape index (κ1) is 14.0. The first-order valence-corrected chi connectivity index (χ1v) is 7.77. The van der Waals surface area contributed by atoms with Crippen molar-refractivity contribution in [2.24, 2.45) is 0 Å². The number of carbonyl (C=O) groups excluding carboxylic acids is 1. The quantitative estimate of drug-likeness (QED) is 0.942. The van der Waals surface area contributed by atoms with Crippen LogP contribution >= 0.6 is 11.3 Å². The van der Waals surface area contributed by atoms with Crippen molar-refractivity contribution < 1.29 is 9.18 Å². The lowest BCUT2D eigenvalue weighted by molar-refractivity contribution is 0.0464. The number of nitrogens with one attached hydrogen (secondary N) is 1. The van der Waals surface area contributed by atoms with Gasteiger partial charge < -0.3 is 10.2 Å². The summed E-state index contributed by atoms with van der Waals surface area (Å²) < 4.78 is 13.3. The van der Waals surface area contributed by atoms with Crippen LogP contribution in [0.25, 0.3) is 0 Å². The maximum atomic E-state index is 13.3. The van der Waals surface area contributed by atoms with Gasteiger partial charge in [-0.25, -0.2) is 9.37 Å². The Morgan fingerprint density at radius 3 is 3.10 bits per heavy atom. The first-order chi connectivity index (χ1) is 10.2. The molecule has 0 spiro atoms. The number of nitrogens with zero attached hydrogens (tertiary/aromatic N) is 2. The van der Waals surface area contributed by atoms with Gasteiger partial charge in [0.25, 0.3) is 5.91 Å². The number of halogens is 1. The summed E-state index contributed by atoms with van der Waals surface area (Å²) in [6, 6.07) is 6.44. The summed E-state index contributed by atoms with van der Waals surface area (Å²) in [6.45, 7) is 3.46. The van der Waals surface area contributed by atoms with Crippen molar-refractivity contribution in [3.05, 3.63) is 46.7 Å². The zero-order chi connectivity index (χ0) is 14.8. The van der Waals surface area contributed by atoms with Gasteiger partial charge in [-0.1, -0.05) is 23.5 Å². The molecule has 0 radical (unpaired) electrons. The molecule has 1 fully saturated rings. The van der Waals surface area contributed by atoms with Gasteiger partial charge in [-0.15, -0.1) is 0 Å². The smallest absolute Gasteiger partial charge is 0.266 e. The number of carbonyl (C=O) groups is 1. The summed E-state index contributed by atoms with van der Waals surface area (Å²) in [7, 11) is 0. The van der Waals surface area contributed by atoms with E-state index in [9.17, 15) is 9.18 Å². The molecule has 1 amide bonds. The van der Waals surface area contributed by atoms with Gasteiger partial charge in [0.15, 0.2) is 5.13 Å². The molecule has 1 unspecified atom stereocenters. The lowest BCUT2D eigenvalue weighted by atomic mass is 9.94. The molecule has 3 rings (SSSR count). The summed E-state index contributed by atoms with van der Waals surface area (Å²) in [4.78, 5) is 19.1. The number of aromatic nitrogens is 1. The van der Waals surface area contributed by atoms with Gasteiger partial charge in [-0.2, -0.15) is 0 Å². The molecule has 0 aliphatic carbocycles. The van der Waals surface area contributed by atoms with Gasteiger partial charge in [-0.3, -0.25) is 4.79 Å². The Morgan fingerprint density at radius 2 is 2.43 bits per heavy atom. The molecule has 4 nitrogen and oxygen atoms in total. The number of hydrogen-bond donors (Lipinski definition) is 1. The summed E-state index contributed by atoms with van der Waals surface area (Å²) in [5.41, 5.74) is 0.853. The van der Waals surface area contributed by atoms with E-state index in [0.717, 1.165) is 23.7 Å². The van der Waals surface area contributed by atoms with E-state index in [1.54, 1.807) is 17.2 Å². The van der Waals surface area contributed by atoms with E-state index in [1.807, 2.05) is 13.0 Å². The Balaban J connectivity index is 1.75. The number of hydrogen-bond acceptors (Lipinski definition) is 4. The van der Waals surface area contributed by atoms with E-state index in [-0.39, 0.29) is 17.8 Å². The van der Waals surface area contributed by atoms with Crippen molar-refractivity contribution in [3.63, 3.8) is 0 Å². The molecule has 1 saturated heterocycles. The topological polar surface area (TPSA) is 45.2 Å². The summed E-state index contributed by atoms with van der Waals surface area (Å²) in [6.07, 6.45) is 2.47. The fraction of sp³-hybridized carbons (Fsp3) is 0.333. The molecule has 2 aromatic rings. The third-order valence-electron chi connectivity index (χ3n) is 3.56. The molecule has 0 saturated carbocycles. The van der Waals surface area contributed by atoms with Crippen molar-refractivity contribution in [3.8, 4) is 0 Å². The highest BCUT2D eigenvalue weighted by Crippen LogP contribution is 2.35. The minimum Gasteiger partial charge on any atom is -0.362 e. The molecule has 1 aromatic heterocycles. The molecule has 21 heavy (non-hydrogen) atoms. The van der Waals surface area contributed by atoms with Crippen LogP contribution in [0.4, 0.5) is 9.52 Å². The SMILES string of the molecule is CCNc1ncc(C(=O)N2CCC2c2cccc(F)c2)s1. The Kier molecular flexibility index (Phi) is 3.88. The van der Waals surface area contributed by atoms with Crippen molar-refractivity contribution in [2.45, 2.75) is 19.4 Å². The highest BCUT2D eigenvalue weighted by atomic mass is 32.1. The van der Waals surface area contributed by atoms with Crippen LogP contribution in [0.2, 0.25) is 0 Å². The predicted molar refractivity (Wildman–Crippen MR) is 81.1 cm³/mol. The van der Waals surface area contributed by atoms with Gasteiger partial charge in [0.05, 0.1) is 12.2 Å². The minimum atomic E-state index is -0.265. The van der Waals surface area contributed by atoms with E-state index in [2.05, 4.69) is 10.3 Å². The lowest BCUT2D eigenvalue weighted by Crippen LogP contribution is -2.44. The second kappa shape index (κ2) is 5.81. The highest BCUT2D eigenvalue weighted by Gasteiger charge is 2.34. The molecular formula is C15H16FN3OS. The second-order valence-electron chi connectivity index (χ2n) is 4.92. The molecule has 1 aliphatic heterocycles. The molecule has 2 heterocycles. The van der Waals surface area contributed by atoms with Crippen LogP contribution < -0.4 is 5.32 Å². The Hall–Kier alpha value is -1.95. The number of amides is 1. The van der Waals surface area contributed by atoms with Gasteiger partial charge in [0.1, 0.15) is 10.7 Å². The summed E-state index contributed by atoms with van der Waals surface area (Å²) >= 11 is 1.36. The van der Waals surface area contributed by atoms with Gasteiger partial charge in [0, 0.05) is 13.1 Å². The Morgan fingerprint density at radius 1 is 1.57 bits per heavy atom. The van der Waals surface area contributed by atoms with Crippen molar-refractivity contribution in [1.29, 1.82) is 0 Å². The molecule has 1 aliphatic rings. The van der Waals surface area contributed by atoms with E-state index in [1.165, 1.54) is 23.5 Å². The van der Waals surface area contributed by atoms with E-state index in [0.29, 0.717) is 11.4 Å². The number of likely N-dealkylation sites (tertiary alicyclic amines) is 1. The van der Waals surface area contributed by atoms with Crippen LogP contribution in [-0.4, -0.2) is 28.9 Å². The number of thiazole rings is 1. The van der Waals surface area contributed by atoms with E-state index >= 15 is 0 Å².